The lowest BCUT2D eigenvalue weighted by molar-refractivity contribution is 0.0953. The Labute approximate surface area is 107 Å². The summed E-state index contributed by atoms with van der Waals surface area (Å²) in [6.07, 6.45) is 0.930. The lowest BCUT2D eigenvalue weighted by Crippen LogP contribution is -2.38. The van der Waals surface area contributed by atoms with Gasteiger partial charge < -0.3 is 0 Å². The van der Waals surface area contributed by atoms with E-state index in [1.165, 1.54) is 11.1 Å². The Morgan fingerprint density at radius 3 is 2.73 bits per heavy atom. The Bertz CT molecular complexity index is 424. The van der Waals surface area contributed by atoms with Gasteiger partial charge in [0.25, 0.3) is 0 Å². The number of hydrogen-bond acceptors (Lipinski definition) is 1. The van der Waals surface area contributed by atoms with Gasteiger partial charge in [0.2, 0.25) is 0 Å². The fourth-order valence-corrected chi connectivity index (χ4v) is 2.73. The fourth-order valence-electron chi connectivity index (χ4n) is 1.97. The molecule has 0 fully saturated rings. The molecule has 1 atom stereocenters. The van der Waals surface area contributed by atoms with Crippen molar-refractivity contribution < 1.29 is 4.79 Å². The van der Waals surface area contributed by atoms with E-state index < -0.39 is 3.23 Å². The molecule has 1 aromatic carbocycles. The van der Waals surface area contributed by atoms with E-state index in [2.05, 4.69) is 51.8 Å². The number of carbonyl (C=O) groups excluding carboxylic acids is 1. The van der Waals surface area contributed by atoms with Gasteiger partial charge in [0.15, 0.2) is 5.78 Å². The molecule has 1 aromatic rings. The van der Waals surface area contributed by atoms with Crippen LogP contribution >= 0.6 is 31.9 Å². The molecule has 0 unspecified atom stereocenters. The van der Waals surface area contributed by atoms with Crippen molar-refractivity contribution in [3.05, 3.63) is 34.9 Å². The third kappa shape index (κ3) is 1.80. The minimum atomic E-state index is -0.581. The van der Waals surface area contributed by atoms with Gasteiger partial charge in [-0.15, -0.1) is 0 Å². The predicted octanol–water partition coefficient (Wildman–Crippen LogP) is 3.86. The average molecular weight is 332 g/mol. The molecule has 15 heavy (non-hydrogen) atoms. The van der Waals surface area contributed by atoms with E-state index in [9.17, 15) is 4.79 Å². The van der Waals surface area contributed by atoms with Crippen molar-refractivity contribution >= 4 is 37.6 Å². The van der Waals surface area contributed by atoms with Crippen molar-refractivity contribution in [2.24, 2.45) is 5.92 Å². The van der Waals surface area contributed by atoms with Crippen molar-refractivity contribution in [2.45, 2.75) is 23.5 Å². The molecule has 0 aromatic heterocycles. The van der Waals surface area contributed by atoms with Gasteiger partial charge >= 0.3 is 0 Å². The molecule has 0 radical (unpaired) electrons. The first-order valence-corrected chi connectivity index (χ1v) is 6.53. The second-order valence-corrected chi connectivity index (χ2v) is 7.78. The zero-order valence-corrected chi connectivity index (χ0v) is 11.9. The van der Waals surface area contributed by atoms with Gasteiger partial charge in [-0.05, 0) is 24.8 Å². The molecule has 0 aliphatic heterocycles. The molecule has 0 saturated carbocycles. The fraction of sp³-hybridized carbons (Fsp3) is 0.417. The molecule has 2 rings (SSSR count). The molecule has 3 heteroatoms. The number of rotatable bonds is 0. The van der Waals surface area contributed by atoms with Crippen molar-refractivity contribution in [3.63, 3.8) is 0 Å². The molecule has 0 saturated heterocycles. The Balaban J connectivity index is 2.56. The van der Waals surface area contributed by atoms with Crippen LogP contribution < -0.4 is 0 Å². The number of Topliss-reactive ketones (excluding diaryl/α,β-unsaturated/α-hetero) is 1. The van der Waals surface area contributed by atoms with Crippen LogP contribution in [0.4, 0.5) is 0 Å². The van der Waals surface area contributed by atoms with Crippen molar-refractivity contribution in [1.29, 1.82) is 0 Å². The summed E-state index contributed by atoms with van der Waals surface area (Å²) in [7, 11) is 0. The number of carbonyl (C=O) groups is 1. The van der Waals surface area contributed by atoms with E-state index >= 15 is 0 Å². The zero-order valence-electron chi connectivity index (χ0n) is 8.68. The third-order valence-electron chi connectivity index (χ3n) is 2.95. The first-order chi connectivity index (χ1) is 6.93. The van der Waals surface area contributed by atoms with E-state index in [-0.39, 0.29) is 11.7 Å². The van der Waals surface area contributed by atoms with Crippen LogP contribution in [0.25, 0.3) is 0 Å². The lowest BCUT2D eigenvalue weighted by Gasteiger charge is -2.32. The molecule has 1 aliphatic carbocycles. The number of hydrogen-bond donors (Lipinski definition) is 0. The molecule has 0 N–H and O–H groups in total. The monoisotopic (exact) mass is 330 g/mol. The molecule has 80 valence electrons. The summed E-state index contributed by atoms with van der Waals surface area (Å²) < 4.78 is -0.581. The van der Waals surface area contributed by atoms with Crippen LogP contribution in [0.1, 0.15) is 28.4 Å². The van der Waals surface area contributed by atoms with E-state index in [0.29, 0.717) is 0 Å². The molecule has 1 nitrogen and oxygen atoms in total. The van der Waals surface area contributed by atoms with Gasteiger partial charge in [-0.2, -0.15) is 0 Å². The SMILES string of the molecule is Cc1ccc2c(c1)C[C@H](C)C(Br)(Br)C2=O. The van der Waals surface area contributed by atoms with Gasteiger partial charge in [0.1, 0.15) is 3.23 Å². The third-order valence-corrected chi connectivity index (χ3v) is 5.24. The summed E-state index contributed by atoms with van der Waals surface area (Å²) in [6, 6.07) is 6.03. The summed E-state index contributed by atoms with van der Waals surface area (Å²) in [5, 5.41) is 0. The number of alkyl halides is 2. The highest BCUT2D eigenvalue weighted by Gasteiger charge is 2.43. The van der Waals surface area contributed by atoms with E-state index in [1.807, 2.05) is 12.1 Å². The maximum Gasteiger partial charge on any atom is 0.190 e. The summed E-state index contributed by atoms with van der Waals surface area (Å²) in [6.45, 7) is 4.13. The van der Waals surface area contributed by atoms with E-state index in [4.69, 9.17) is 0 Å². The van der Waals surface area contributed by atoms with Gasteiger partial charge in [-0.25, -0.2) is 0 Å². The molecule has 0 amide bonds. The first-order valence-electron chi connectivity index (χ1n) is 4.95. The largest absolute Gasteiger partial charge is 0.292 e. The van der Waals surface area contributed by atoms with Gasteiger partial charge in [0, 0.05) is 5.56 Å². The van der Waals surface area contributed by atoms with Crippen LogP contribution in [0, 0.1) is 12.8 Å². The Kier molecular flexibility index (Phi) is 2.80. The molecule has 0 heterocycles. The summed E-state index contributed by atoms with van der Waals surface area (Å²) in [5.74, 6) is 0.399. The maximum atomic E-state index is 12.2. The number of ketones is 1. The van der Waals surface area contributed by atoms with Gasteiger partial charge in [-0.1, -0.05) is 62.5 Å². The maximum absolute atomic E-state index is 12.2. The van der Waals surface area contributed by atoms with Crippen LogP contribution in [-0.4, -0.2) is 9.02 Å². The van der Waals surface area contributed by atoms with Crippen LogP contribution in [0.2, 0.25) is 0 Å². The van der Waals surface area contributed by atoms with Crippen LogP contribution in [0.3, 0.4) is 0 Å². The van der Waals surface area contributed by atoms with Crippen molar-refractivity contribution in [2.75, 3.05) is 0 Å². The van der Waals surface area contributed by atoms with Crippen LogP contribution in [-0.2, 0) is 6.42 Å². The van der Waals surface area contributed by atoms with Crippen molar-refractivity contribution in [1.82, 2.24) is 0 Å². The van der Waals surface area contributed by atoms with E-state index in [0.717, 1.165) is 12.0 Å². The number of benzene rings is 1. The van der Waals surface area contributed by atoms with Gasteiger partial charge in [-0.3, -0.25) is 4.79 Å². The normalized spacial score (nSPS) is 23.7. The van der Waals surface area contributed by atoms with E-state index in [1.54, 1.807) is 0 Å². The Hall–Kier alpha value is -0.150. The summed E-state index contributed by atoms with van der Waals surface area (Å²) in [4.78, 5) is 12.2. The lowest BCUT2D eigenvalue weighted by atomic mass is 9.83. The molecular formula is C12H12Br2O. The predicted molar refractivity (Wildman–Crippen MR) is 69.0 cm³/mol. The second-order valence-electron chi connectivity index (χ2n) is 4.22. The first kappa shape index (κ1) is 11.3. The smallest absolute Gasteiger partial charge is 0.190 e. The standard InChI is InChI=1S/C12H12Br2O/c1-7-3-4-10-9(5-7)6-8(2)12(13,14)11(10)15/h3-5,8H,6H2,1-2H3/t8-/m0/s1. The highest BCUT2D eigenvalue weighted by Crippen LogP contribution is 2.44. The highest BCUT2D eigenvalue weighted by molar-refractivity contribution is 9.26. The summed E-state index contributed by atoms with van der Waals surface area (Å²) in [5.41, 5.74) is 3.22. The quantitative estimate of drug-likeness (QED) is 0.660. The van der Waals surface area contributed by atoms with Crippen LogP contribution in [0.5, 0.6) is 0 Å². The molecular weight excluding hydrogens is 320 g/mol. The number of fused-ring (bicyclic) bond motifs is 1. The number of aryl methyl sites for hydroxylation is 1. The Morgan fingerprint density at radius 2 is 2.07 bits per heavy atom. The minimum absolute atomic E-state index is 0.135. The van der Waals surface area contributed by atoms with Crippen molar-refractivity contribution in [3.8, 4) is 0 Å². The summed E-state index contributed by atoms with van der Waals surface area (Å²) >= 11 is 6.96. The Morgan fingerprint density at radius 1 is 1.40 bits per heavy atom. The molecule has 0 bridgehead atoms. The zero-order chi connectivity index (χ0) is 11.2. The molecule has 1 aliphatic rings. The van der Waals surface area contributed by atoms with Crippen LogP contribution in [0.15, 0.2) is 18.2 Å². The highest BCUT2D eigenvalue weighted by atomic mass is 79.9. The topological polar surface area (TPSA) is 17.1 Å². The molecule has 0 spiro atoms. The second kappa shape index (κ2) is 3.70. The van der Waals surface area contributed by atoms with Gasteiger partial charge in [0.05, 0.1) is 0 Å². The average Bonchev–Trinajstić information content (AvgIpc) is 2.15. The number of halogens is 2. The minimum Gasteiger partial charge on any atom is -0.292 e.